The lowest BCUT2D eigenvalue weighted by atomic mass is 10.2. The zero-order valence-corrected chi connectivity index (χ0v) is 15.9. The predicted molar refractivity (Wildman–Crippen MR) is 106 cm³/mol. The summed E-state index contributed by atoms with van der Waals surface area (Å²) in [5.41, 5.74) is 2.44. The highest BCUT2D eigenvalue weighted by molar-refractivity contribution is 7.92. The van der Waals surface area contributed by atoms with Crippen LogP contribution in [0.2, 0.25) is 0 Å². The molecule has 0 saturated carbocycles. The number of pyridine rings is 1. The molecule has 0 aliphatic carbocycles. The lowest BCUT2D eigenvalue weighted by Gasteiger charge is -2.09. The van der Waals surface area contributed by atoms with Crippen LogP contribution >= 0.6 is 0 Å². The van der Waals surface area contributed by atoms with Gasteiger partial charge in [0, 0.05) is 11.6 Å². The Morgan fingerprint density at radius 3 is 2.43 bits per heavy atom. The maximum absolute atomic E-state index is 12.6. The van der Waals surface area contributed by atoms with Gasteiger partial charge in [-0.1, -0.05) is 18.2 Å². The highest BCUT2D eigenvalue weighted by atomic mass is 32.2. The molecule has 10 heteroatoms. The van der Waals surface area contributed by atoms with E-state index in [0.717, 1.165) is 16.6 Å². The smallest absolute Gasteiger partial charge is 0.266 e. The number of anilines is 3. The van der Waals surface area contributed by atoms with Crippen LogP contribution in [0.3, 0.4) is 0 Å². The summed E-state index contributed by atoms with van der Waals surface area (Å²) in [6, 6.07) is 12.8. The van der Waals surface area contributed by atoms with Crippen molar-refractivity contribution in [3.05, 3.63) is 60.0 Å². The number of aromatic amines is 1. The van der Waals surface area contributed by atoms with Crippen molar-refractivity contribution >= 4 is 38.2 Å². The first-order valence-electron chi connectivity index (χ1n) is 8.43. The van der Waals surface area contributed by atoms with Gasteiger partial charge in [-0.05, 0) is 38.1 Å². The highest BCUT2D eigenvalue weighted by Crippen LogP contribution is 2.24. The van der Waals surface area contributed by atoms with E-state index >= 15 is 0 Å². The number of benzene rings is 1. The Kier molecular flexibility index (Phi) is 4.40. The summed E-state index contributed by atoms with van der Waals surface area (Å²) in [6.45, 7) is 3.26. The van der Waals surface area contributed by atoms with Crippen LogP contribution in [-0.4, -0.2) is 33.8 Å². The van der Waals surface area contributed by atoms with Crippen LogP contribution in [0, 0.1) is 13.8 Å². The highest BCUT2D eigenvalue weighted by Gasteiger charge is 2.22. The van der Waals surface area contributed by atoms with Crippen LogP contribution in [0.5, 0.6) is 0 Å². The summed E-state index contributed by atoms with van der Waals surface area (Å²) >= 11 is 0. The normalized spacial score (nSPS) is 11.5. The Balaban J connectivity index is 1.56. The number of fused-ring (bicyclic) bond motifs is 1. The van der Waals surface area contributed by atoms with Crippen LogP contribution < -0.4 is 10.0 Å². The van der Waals surface area contributed by atoms with E-state index in [1.54, 1.807) is 26.1 Å². The Bertz CT molecular complexity index is 1230. The van der Waals surface area contributed by atoms with Crippen LogP contribution in [0.15, 0.2) is 53.6 Å². The number of nitrogens with zero attached hydrogens (tertiary/aromatic N) is 4. The van der Waals surface area contributed by atoms with E-state index in [1.807, 2.05) is 30.3 Å². The van der Waals surface area contributed by atoms with Gasteiger partial charge in [0.25, 0.3) is 10.0 Å². The number of sulfonamides is 1. The fourth-order valence-corrected chi connectivity index (χ4v) is 4.29. The number of rotatable bonds is 5. The second-order valence-electron chi connectivity index (χ2n) is 6.18. The number of hydrogen-bond donors (Lipinski definition) is 3. The van der Waals surface area contributed by atoms with Crippen molar-refractivity contribution in [1.82, 2.24) is 25.4 Å². The molecule has 0 aliphatic rings. The molecule has 0 radical (unpaired) electrons. The molecule has 0 aliphatic heterocycles. The van der Waals surface area contributed by atoms with Gasteiger partial charge in [-0.2, -0.15) is 5.10 Å². The van der Waals surface area contributed by atoms with Gasteiger partial charge < -0.3 is 5.32 Å². The summed E-state index contributed by atoms with van der Waals surface area (Å²) in [5.74, 6) is 0.582. The summed E-state index contributed by atoms with van der Waals surface area (Å²) < 4.78 is 27.5. The number of H-pyrrole nitrogens is 1. The predicted octanol–water partition coefficient (Wildman–Crippen LogP) is 2.91. The maximum Gasteiger partial charge on any atom is 0.266 e. The SMILES string of the molecule is Cc1n[nH]c(C)c1S(=O)(=O)Nc1ccc(Nc2cccc3cccnc23)nn1. The molecule has 3 aromatic heterocycles. The summed E-state index contributed by atoms with van der Waals surface area (Å²) in [4.78, 5) is 4.49. The molecule has 0 amide bonds. The molecule has 9 nitrogen and oxygen atoms in total. The van der Waals surface area contributed by atoms with E-state index in [1.165, 1.54) is 6.07 Å². The molecular weight excluding hydrogens is 378 g/mol. The van der Waals surface area contributed by atoms with Gasteiger partial charge in [0.2, 0.25) is 0 Å². The quantitative estimate of drug-likeness (QED) is 0.474. The molecule has 4 aromatic rings. The minimum absolute atomic E-state index is 0.110. The van der Waals surface area contributed by atoms with Crippen molar-refractivity contribution in [3.63, 3.8) is 0 Å². The van der Waals surface area contributed by atoms with Crippen LogP contribution in [0.1, 0.15) is 11.4 Å². The van der Waals surface area contributed by atoms with Gasteiger partial charge in [-0.25, -0.2) is 8.42 Å². The van der Waals surface area contributed by atoms with Crippen molar-refractivity contribution in [2.24, 2.45) is 0 Å². The van der Waals surface area contributed by atoms with E-state index in [0.29, 0.717) is 17.2 Å². The first kappa shape index (κ1) is 17.9. The van der Waals surface area contributed by atoms with Gasteiger partial charge in [-0.15, -0.1) is 10.2 Å². The average Bonchev–Trinajstić information content (AvgIpc) is 3.02. The molecule has 4 rings (SSSR count). The van der Waals surface area contributed by atoms with Crippen molar-refractivity contribution in [1.29, 1.82) is 0 Å². The first-order valence-corrected chi connectivity index (χ1v) is 9.91. The first-order chi connectivity index (χ1) is 13.4. The van der Waals surface area contributed by atoms with Crippen LogP contribution in [0.4, 0.5) is 17.3 Å². The van der Waals surface area contributed by atoms with Gasteiger partial charge in [-0.3, -0.25) is 14.8 Å². The van der Waals surface area contributed by atoms with E-state index in [4.69, 9.17) is 0 Å². The molecule has 0 fully saturated rings. The lowest BCUT2D eigenvalue weighted by Crippen LogP contribution is -2.16. The van der Waals surface area contributed by atoms with Crippen molar-refractivity contribution < 1.29 is 8.42 Å². The summed E-state index contributed by atoms with van der Waals surface area (Å²) in [7, 11) is -3.81. The molecule has 1 aromatic carbocycles. The largest absolute Gasteiger partial charge is 0.337 e. The van der Waals surface area contributed by atoms with E-state index in [-0.39, 0.29) is 10.7 Å². The number of nitrogens with one attached hydrogen (secondary N) is 3. The van der Waals surface area contributed by atoms with Crippen molar-refractivity contribution in [3.8, 4) is 0 Å². The van der Waals surface area contributed by atoms with Crippen LogP contribution in [-0.2, 0) is 10.0 Å². The second kappa shape index (κ2) is 6.89. The number of para-hydroxylation sites is 1. The third-order valence-corrected chi connectivity index (χ3v) is 5.75. The molecule has 0 bridgehead atoms. The average molecular weight is 395 g/mol. The van der Waals surface area contributed by atoms with E-state index < -0.39 is 10.0 Å². The Labute approximate surface area is 161 Å². The minimum atomic E-state index is -3.81. The third-order valence-electron chi connectivity index (χ3n) is 4.13. The minimum Gasteiger partial charge on any atom is -0.337 e. The fourth-order valence-electron chi connectivity index (χ4n) is 2.92. The van der Waals surface area contributed by atoms with Gasteiger partial charge in [0.05, 0.1) is 22.6 Å². The van der Waals surface area contributed by atoms with Crippen molar-refractivity contribution in [2.45, 2.75) is 18.7 Å². The molecule has 3 heterocycles. The summed E-state index contributed by atoms with van der Waals surface area (Å²) in [6.07, 6.45) is 1.72. The zero-order chi connectivity index (χ0) is 19.7. The number of hydrogen-bond acceptors (Lipinski definition) is 7. The molecule has 0 unspecified atom stereocenters. The molecule has 0 atom stereocenters. The van der Waals surface area contributed by atoms with Crippen LogP contribution in [0.25, 0.3) is 10.9 Å². The fraction of sp³-hybridized carbons (Fsp3) is 0.111. The number of aryl methyl sites for hydroxylation is 2. The molecule has 3 N–H and O–H groups in total. The molecule has 28 heavy (non-hydrogen) atoms. The van der Waals surface area contributed by atoms with E-state index in [2.05, 4.69) is 35.4 Å². The lowest BCUT2D eigenvalue weighted by molar-refractivity contribution is 0.600. The molecule has 0 spiro atoms. The number of aromatic nitrogens is 5. The molecule has 0 saturated heterocycles. The second-order valence-corrected chi connectivity index (χ2v) is 7.80. The monoisotopic (exact) mass is 395 g/mol. The standard InChI is InChI=1S/C18H17N7O2S/c1-11-18(12(2)22-21-11)28(26,27)25-16-9-8-15(23-24-16)20-14-7-3-5-13-6-4-10-19-17(13)14/h3-10H,1-2H3,(H,20,23)(H,21,22)(H,24,25). The Morgan fingerprint density at radius 1 is 0.964 bits per heavy atom. The maximum atomic E-state index is 12.6. The molecular formula is C18H17N7O2S. The topological polar surface area (TPSA) is 126 Å². The summed E-state index contributed by atoms with van der Waals surface area (Å²) in [5, 5.41) is 18.7. The Morgan fingerprint density at radius 2 is 1.71 bits per heavy atom. The third kappa shape index (κ3) is 3.37. The Hall–Kier alpha value is -3.53. The van der Waals surface area contributed by atoms with Gasteiger partial charge >= 0.3 is 0 Å². The van der Waals surface area contributed by atoms with Crippen molar-refractivity contribution in [2.75, 3.05) is 10.0 Å². The zero-order valence-electron chi connectivity index (χ0n) is 15.1. The molecule has 142 valence electrons. The van der Waals surface area contributed by atoms with E-state index in [9.17, 15) is 8.42 Å². The van der Waals surface area contributed by atoms with Gasteiger partial charge in [0.1, 0.15) is 4.90 Å². The van der Waals surface area contributed by atoms with Gasteiger partial charge in [0.15, 0.2) is 11.6 Å².